The second-order valence-corrected chi connectivity index (χ2v) is 8.35. The predicted molar refractivity (Wildman–Crippen MR) is 106 cm³/mol. The maximum absolute atomic E-state index is 13.2. The highest BCUT2D eigenvalue weighted by Gasteiger charge is 2.27. The maximum atomic E-state index is 13.2. The number of nitro benzene ring substituents is 1. The van der Waals surface area contributed by atoms with Gasteiger partial charge in [-0.1, -0.05) is 23.8 Å². The van der Waals surface area contributed by atoms with Crippen molar-refractivity contribution in [2.75, 3.05) is 7.11 Å². The molecule has 1 heterocycles. The highest BCUT2D eigenvalue weighted by Crippen LogP contribution is 2.33. The number of nitrogens with zero attached hydrogens (tertiary/aromatic N) is 2. The summed E-state index contributed by atoms with van der Waals surface area (Å²) >= 11 is 0. The highest BCUT2D eigenvalue weighted by molar-refractivity contribution is 7.90. The predicted octanol–water partition coefficient (Wildman–Crippen LogP) is 2.14. The fourth-order valence-electron chi connectivity index (χ4n) is 3.12. The van der Waals surface area contributed by atoms with Crippen LogP contribution in [0.5, 0.6) is 0 Å². The fraction of sp³-hybridized carbons (Fsp3) is 0.211. The number of nitro groups is 1. The Morgan fingerprint density at radius 3 is 2.48 bits per heavy atom. The molecule has 0 aliphatic heterocycles. The molecule has 0 saturated heterocycles. The van der Waals surface area contributed by atoms with E-state index in [0.717, 1.165) is 9.54 Å². The minimum absolute atomic E-state index is 0.0373. The van der Waals surface area contributed by atoms with E-state index >= 15 is 0 Å². The first-order valence-corrected chi connectivity index (χ1v) is 10.0. The smallest absolute Gasteiger partial charge is 0.322 e. The molecular formula is C19H19N3O6S. The number of aryl methyl sites for hydroxylation is 1. The molecular weight excluding hydrogens is 398 g/mol. The van der Waals surface area contributed by atoms with E-state index in [-0.39, 0.29) is 33.5 Å². The Kier molecular flexibility index (Phi) is 5.40. The Bertz CT molecular complexity index is 1200. The minimum atomic E-state index is -4.03. The van der Waals surface area contributed by atoms with Gasteiger partial charge in [0.05, 0.1) is 27.8 Å². The molecule has 0 amide bonds. The molecule has 3 rings (SSSR count). The highest BCUT2D eigenvalue weighted by atomic mass is 32.2. The summed E-state index contributed by atoms with van der Waals surface area (Å²) in [7, 11) is -2.85. The lowest BCUT2D eigenvalue weighted by molar-refractivity contribution is -0.383. The van der Waals surface area contributed by atoms with Crippen molar-refractivity contribution in [1.82, 2.24) is 3.97 Å². The summed E-state index contributed by atoms with van der Waals surface area (Å²) < 4.78 is 32.0. The molecule has 1 atom stereocenters. The molecule has 0 aliphatic carbocycles. The molecule has 9 nitrogen and oxygen atoms in total. The van der Waals surface area contributed by atoms with E-state index in [2.05, 4.69) is 4.74 Å². The quantitative estimate of drug-likeness (QED) is 0.369. The molecule has 3 aromatic rings. The Hall–Kier alpha value is -3.24. The first-order valence-electron chi connectivity index (χ1n) is 8.59. The van der Waals surface area contributed by atoms with Crippen LogP contribution in [0, 0.1) is 17.0 Å². The van der Waals surface area contributed by atoms with Crippen molar-refractivity contribution in [3.8, 4) is 0 Å². The normalized spacial score (nSPS) is 12.7. The van der Waals surface area contributed by atoms with Crippen LogP contribution in [0.3, 0.4) is 0 Å². The van der Waals surface area contributed by atoms with E-state index in [1.54, 1.807) is 12.1 Å². The number of nitrogens with two attached hydrogens (primary N) is 1. The lowest BCUT2D eigenvalue weighted by atomic mass is 10.0. The van der Waals surface area contributed by atoms with Crippen molar-refractivity contribution in [3.63, 3.8) is 0 Å². The van der Waals surface area contributed by atoms with Crippen molar-refractivity contribution >= 4 is 32.6 Å². The standard InChI is InChI=1S/C19H19N3O6S/c1-12-6-8-14(9-7-12)29(26,27)21-11-13(10-15(20)19(23)28-2)18-16(21)4-3-5-17(18)22(24)25/h3-9,11,15H,10,20H2,1-2H3/t15-/m0/s1. The van der Waals surface area contributed by atoms with Gasteiger partial charge < -0.3 is 10.5 Å². The summed E-state index contributed by atoms with van der Waals surface area (Å²) in [5.74, 6) is -0.703. The minimum Gasteiger partial charge on any atom is -0.468 e. The van der Waals surface area contributed by atoms with E-state index in [9.17, 15) is 23.3 Å². The van der Waals surface area contributed by atoms with E-state index < -0.39 is 27.0 Å². The van der Waals surface area contributed by atoms with Gasteiger partial charge in [-0.25, -0.2) is 12.4 Å². The molecule has 0 radical (unpaired) electrons. The zero-order valence-electron chi connectivity index (χ0n) is 15.7. The van der Waals surface area contributed by atoms with Gasteiger partial charge in [0, 0.05) is 18.7 Å². The SMILES string of the molecule is COC(=O)[C@@H](N)Cc1cn(S(=O)(=O)c2ccc(C)cc2)c2cccc([N+](=O)[O-])c12. The number of hydrogen-bond donors (Lipinski definition) is 1. The molecule has 152 valence electrons. The number of hydrogen-bond acceptors (Lipinski definition) is 7. The summed E-state index contributed by atoms with van der Waals surface area (Å²) in [6.45, 7) is 1.83. The van der Waals surface area contributed by atoms with Crippen LogP contribution in [0.25, 0.3) is 10.9 Å². The van der Waals surface area contributed by atoms with Crippen LogP contribution >= 0.6 is 0 Å². The summed E-state index contributed by atoms with van der Waals surface area (Å²) in [6.07, 6.45) is 1.15. The molecule has 29 heavy (non-hydrogen) atoms. The van der Waals surface area contributed by atoms with Crippen LogP contribution in [-0.4, -0.2) is 36.4 Å². The number of carbonyl (C=O) groups excluding carboxylic acids is 1. The number of fused-ring (bicyclic) bond motifs is 1. The zero-order valence-corrected chi connectivity index (χ0v) is 16.5. The molecule has 0 aliphatic rings. The summed E-state index contributed by atoms with van der Waals surface area (Å²) in [6, 6.07) is 9.32. The number of methoxy groups -OCH3 is 1. The van der Waals surface area contributed by atoms with Crippen LogP contribution in [0.2, 0.25) is 0 Å². The van der Waals surface area contributed by atoms with Gasteiger partial charge in [-0.15, -0.1) is 0 Å². The maximum Gasteiger partial charge on any atom is 0.322 e. The average Bonchev–Trinajstić information content (AvgIpc) is 3.06. The Balaban J connectivity index is 2.26. The van der Waals surface area contributed by atoms with Crippen LogP contribution in [0.15, 0.2) is 53.6 Å². The molecule has 0 saturated carbocycles. The molecule has 2 N–H and O–H groups in total. The lowest BCUT2D eigenvalue weighted by Crippen LogP contribution is -2.33. The molecule has 1 aromatic heterocycles. The topological polar surface area (TPSA) is 135 Å². The van der Waals surface area contributed by atoms with Gasteiger partial charge in [0.15, 0.2) is 0 Å². The third-order valence-corrected chi connectivity index (χ3v) is 6.26. The van der Waals surface area contributed by atoms with Gasteiger partial charge in [0.25, 0.3) is 15.7 Å². The molecule has 0 unspecified atom stereocenters. The van der Waals surface area contributed by atoms with Crippen molar-refractivity contribution in [3.05, 3.63) is 69.9 Å². The molecule has 0 bridgehead atoms. The molecule has 0 spiro atoms. The van der Waals surface area contributed by atoms with Gasteiger partial charge in [-0.2, -0.15) is 0 Å². The van der Waals surface area contributed by atoms with Crippen LogP contribution in [-0.2, 0) is 26.0 Å². The number of benzene rings is 2. The fourth-order valence-corrected chi connectivity index (χ4v) is 4.50. The number of ether oxygens (including phenoxy) is 1. The van der Waals surface area contributed by atoms with Crippen LogP contribution in [0.4, 0.5) is 5.69 Å². The van der Waals surface area contributed by atoms with Crippen LogP contribution in [0.1, 0.15) is 11.1 Å². The van der Waals surface area contributed by atoms with E-state index in [1.165, 1.54) is 43.6 Å². The third-order valence-electron chi connectivity index (χ3n) is 4.57. The van der Waals surface area contributed by atoms with Gasteiger partial charge >= 0.3 is 5.97 Å². The number of carbonyl (C=O) groups is 1. The molecule has 0 fully saturated rings. The van der Waals surface area contributed by atoms with E-state index in [1.807, 2.05) is 6.92 Å². The second kappa shape index (κ2) is 7.64. The van der Waals surface area contributed by atoms with Crippen molar-refractivity contribution in [1.29, 1.82) is 0 Å². The van der Waals surface area contributed by atoms with Crippen LogP contribution < -0.4 is 5.73 Å². The largest absolute Gasteiger partial charge is 0.468 e. The third kappa shape index (κ3) is 3.71. The Labute approximate surface area is 166 Å². The molecule has 2 aromatic carbocycles. The number of aromatic nitrogens is 1. The number of non-ortho nitro benzene ring substituents is 1. The Morgan fingerprint density at radius 2 is 1.90 bits per heavy atom. The first-order chi connectivity index (χ1) is 13.7. The number of rotatable bonds is 6. The second-order valence-electron chi connectivity index (χ2n) is 6.53. The van der Waals surface area contributed by atoms with Gasteiger partial charge in [0.2, 0.25) is 0 Å². The van der Waals surface area contributed by atoms with Crippen molar-refractivity contribution in [2.45, 2.75) is 24.3 Å². The zero-order chi connectivity index (χ0) is 21.3. The average molecular weight is 417 g/mol. The van der Waals surface area contributed by atoms with Gasteiger partial charge in [-0.05, 0) is 30.7 Å². The molecule has 10 heteroatoms. The summed E-state index contributed by atoms with van der Waals surface area (Å²) in [5.41, 5.74) is 6.84. The van der Waals surface area contributed by atoms with Gasteiger partial charge in [-0.3, -0.25) is 14.9 Å². The van der Waals surface area contributed by atoms with Crippen molar-refractivity contribution in [2.24, 2.45) is 5.73 Å². The number of esters is 1. The Morgan fingerprint density at radius 1 is 1.24 bits per heavy atom. The summed E-state index contributed by atoms with van der Waals surface area (Å²) in [5, 5.41) is 11.7. The van der Waals surface area contributed by atoms with E-state index in [4.69, 9.17) is 5.73 Å². The van der Waals surface area contributed by atoms with Gasteiger partial charge in [0.1, 0.15) is 6.04 Å². The van der Waals surface area contributed by atoms with E-state index in [0.29, 0.717) is 0 Å². The summed E-state index contributed by atoms with van der Waals surface area (Å²) in [4.78, 5) is 22.7. The first kappa shape index (κ1) is 20.5. The van der Waals surface area contributed by atoms with Crippen molar-refractivity contribution < 1.29 is 22.9 Å². The monoisotopic (exact) mass is 417 g/mol. The lowest BCUT2D eigenvalue weighted by Gasteiger charge is -2.08.